The largest absolute Gasteiger partial charge is 0.402 e. The van der Waals surface area contributed by atoms with Crippen LogP contribution in [0.4, 0.5) is 5.82 Å². The smallest absolute Gasteiger partial charge is 0.231 e. The fourth-order valence-electron chi connectivity index (χ4n) is 5.47. The molecule has 0 bridgehead atoms. The van der Waals surface area contributed by atoms with Gasteiger partial charge in [0.15, 0.2) is 5.82 Å². The Bertz CT molecular complexity index is 1360. The van der Waals surface area contributed by atoms with Crippen LogP contribution in [0, 0.1) is 11.3 Å². The van der Waals surface area contributed by atoms with E-state index in [0.717, 1.165) is 37.1 Å². The van der Waals surface area contributed by atoms with Crippen LogP contribution in [0.1, 0.15) is 48.7 Å². The number of anilines is 1. The van der Waals surface area contributed by atoms with Crippen molar-refractivity contribution in [3.05, 3.63) is 102 Å². The molecule has 3 heterocycles. The highest BCUT2D eigenvalue weighted by molar-refractivity contribution is 5.91. The van der Waals surface area contributed by atoms with Gasteiger partial charge in [-0.25, -0.2) is 0 Å². The second-order valence-corrected chi connectivity index (χ2v) is 10.4. The standard InChI is InChI=1S/C29H32N8O2/c30-23(7-9-25(31)34-27(38)13-21-5-1-3-11-32-21)19-15-29(16-19)17-20(18-29)24-8-10-26(37-36-24)35-28(39)14-22-6-2-4-12-33-22/h1-12,19-20H,13-18,30-31H2,(H,34,38)(H,35,37,39)/b23-7-,25-9+. The Morgan fingerprint density at radius 3 is 2.10 bits per heavy atom. The first kappa shape index (κ1) is 26.0. The number of amides is 2. The lowest BCUT2D eigenvalue weighted by molar-refractivity contribution is -0.120. The number of nitrogens with zero attached hydrogens (tertiary/aromatic N) is 4. The highest BCUT2D eigenvalue weighted by atomic mass is 16.2. The van der Waals surface area contributed by atoms with E-state index in [1.165, 1.54) is 0 Å². The van der Waals surface area contributed by atoms with Crippen LogP contribution in [0.5, 0.6) is 0 Å². The Balaban J connectivity index is 1.04. The monoisotopic (exact) mass is 524 g/mol. The van der Waals surface area contributed by atoms with Gasteiger partial charge in [0.1, 0.15) is 5.82 Å². The van der Waals surface area contributed by atoms with E-state index in [4.69, 9.17) is 11.5 Å². The van der Waals surface area contributed by atoms with E-state index in [0.29, 0.717) is 34.5 Å². The summed E-state index contributed by atoms with van der Waals surface area (Å²) in [5.41, 5.74) is 15.7. The zero-order valence-corrected chi connectivity index (χ0v) is 21.6. The van der Waals surface area contributed by atoms with E-state index in [9.17, 15) is 9.59 Å². The summed E-state index contributed by atoms with van der Waals surface area (Å²) in [6.45, 7) is 0. The number of allylic oxidation sites excluding steroid dienone is 3. The first-order valence-corrected chi connectivity index (χ1v) is 13.0. The number of nitrogens with one attached hydrogen (secondary N) is 2. The van der Waals surface area contributed by atoms with Crippen molar-refractivity contribution in [1.29, 1.82) is 0 Å². The molecule has 2 aliphatic carbocycles. The Hall–Kier alpha value is -4.60. The Kier molecular flexibility index (Phi) is 7.62. The van der Waals surface area contributed by atoms with Gasteiger partial charge in [-0.1, -0.05) is 12.1 Å². The molecule has 0 unspecified atom stereocenters. The number of rotatable bonds is 9. The number of carbonyl (C=O) groups is 2. The molecule has 0 radical (unpaired) electrons. The zero-order valence-electron chi connectivity index (χ0n) is 21.6. The molecule has 1 spiro atoms. The molecule has 3 aromatic rings. The minimum atomic E-state index is -0.222. The van der Waals surface area contributed by atoms with Gasteiger partial charge in [-0.2, -0.15) is 5.10 Å². The van der Waals surface area contributed by atoms with E-state index >= 15 is 0 Å². The first-order valence-electron chi connectivity index (χ1n) is 13.0. The predicted molar refractivity (Wildman–Crippen MR) is 146 cm³/mol. The molecule has 10 heteroatoms. The summed E-state index contributed by atoms with van der Waals surface area (Å²) in [5.74, 6) is 0.976. The van der Waals surface area contributed by atoms with Gasteiger partial charge in [0.25, 0.3) is 0 Å². The fraction of sp³-hybridized carbons (Fsp3) is 0.310. The van der Waals surface area contributed by atoms with Crippen molar-refractivity contribution in [1.82, 2.24) is 25.5 Å². The summed E-state index contributed by atoms with van der Waals surface area (Å²) in [4.78, 5) is 32.7. The second kappa shape index (κ2) is 11.4. The molecule has 39 heavy (non-hydrogen) atoms. The molecular weight excluding hydrogens is 492 g/mol. The number of hydrogen-bond donors (Lipinski definition) is 4. The van der Waals surface area contributed by atoms with Crippen LogP contribution in [0.15, 0.2) is 84.6 Å². The maximum absolute atomic E-state index is 12.2. The van der Waals surface area contributed by atoms with Gasteiger partial charge in [0, 0.05) is 35.4 Å². The predicted octanol–water partition coefficient (Wildman–Crippen LogP) is 2.72. The van der Waals surface area contributed by atoms with E-state index < -0.39 is 0 Å². The number of carbonyl (C=O) groups excluding carboxylic acids is 2. The summed E-state index contributed by atoms with van der Waals surface area (Å²) in [7, 11) is 0. The van der Waals surface area contributed by atoms with Crippen molar-refractivity contribution in [2.75, 3.05) is 5.32 Å². The van der Waals surface area contributed by atoms with Crippen LogP contribution >= 0.6 is 0 Å². The van der Waals surface area contributed by atoms with Crippen LogP contribution in [-0.2, 0) is 22.4 Å². The number of pyridine rings is 2. The lowest BCUT2D eigenvalue weighted by Crippen LogP contribution is -2.48. The Labute approximate surface area is 227 Å². The summed E-state index contributed by atoms with van der Waals surface area (Å²) in [6.07, 6.45) is 11.3. The van der Waals surface area contributed by atoms with Crippen LogP contribution < -0.4 is 22.1 Å². The lowest BCUT2D eigenvalue weighted by Gasteiger charge is -2.57. The van der Waals surface area contributed by atoms with E-state index in [-0.39, 0.29) is 30.5 Å². The number of aromatic nitrogens is 4. The summed E-state index contributed by atoms with van der Waals surface area (Å²) >= 11 is 0. The van der Waals surface area contributed by atoms with Gasteiger partial charge < -0.3 is 22.1 Å². The first-order chi connectivity index (χ1) is 18.9. The molecule has 0 atom stereocenters. The minimum Gasteiger partial charge on any atom is -0.402 e. The average Bonchev–Trinajstić information content (AvgIpc) is 2.88. The minimum absolute atomic E-state index is 0.161. The third-order valence-electron chi connectivity index (χ3n) is 7.43. The van der Waals surface area contributed by atoms with Gasteiger partial charge in [-0.3, -0.25) is 19.6 Å². The molecule has 0 aliphatic heterocycles. The molecule has 0 aromatic carbocycles. The van der Waals surface area contributed by atoms with Crippen LogP contribution in [0.25, 0.3) is 0 Å². The van der Waals surface area contributed by atoms with Crippen molar-refractivity contribution >= 4 is 17.6 Å². The number of nitrogens with two attached hydrogens (primary N) is 2. The molecule has 2 aliphatic rings. The summed E-state index contributed by atoms with van der Waals surface area (Å²) in [5, 5.41) is 14.0. The molecule has 200 valence electrons. The van der Waals surface area contributed by atoms with E-state index in [1.807, 2.05) is 30.3 Å². The second-order valence-electron chi connectivity index (χ2n) is 10.4. The third-order valence-corrected chi connectivity index (χ3v) is 7.43. The van der Waals surface area contributed by atoms with Crippen LogP contribution in [-0.4, -0.2) is 32.0 Å². The molecule has 0 saturated heterocycles. The summed E-state index contributed by atoms with van der Waals surface area (Å²) < 4.78 is 0. The van der Waals surface area contributed by atoms with E-state index in [1.54, 1.807) is 42.7 Å². The fourth-order valence-corrected chi connectivity index (χ4v) is 5.47. The maximum atomic E-state index is 12.2. The molecule has 2 amide bonds. The maximum Gasteiger partial charge on any atom is 0.231 e. The molecule has 2 fully saturated rings. The zero-order chi connectivity index (χ0) is 27.2. The third kappa shape index (κ3) is 6.64. The highest BCUT2D eigenvalue weighted by Gasteiger charge is 2.53. The molecule has 3 aromatic heterocycles. The van der Waals surface area contributed by atoms with Gasteiger partial charge in [-0.05, 0) is 85.6 Å². The molecule has 10 nitrogen and oxygen atoms in total. The van der Waals surface area contributed by atoms with Crippen molar-refractivity contribution in [2.24, 2.45) is 22.8 Å². The normalized spacial score (nSPS) is 22.5. The van der Waals surface area contributed by atoms with Crippen LogP contribution in [0.2, 0.25) is 0 Å². The van der Waals surface area contributed by atoms with Crippen molar-refractivity contribution < 1.29 is 9.59 Å². The molecule has 2 saturated carbocycles. The van der Waals surface area contributed by atoms with Crippen molar-refractivity contribution in [3.63, 3.8) is 0 Å². The van der Waals surface area contributed by atoms with E-state index in [2.05, 4.69) is 30.8 Å². The van der Waals surface area contributed by atoms with Crippen molar-refractivity contribution in [2.45, 2.75) is 44.4 Å². The molecular formula is C29H32N8O2. The lowest BCUT2D eigenvalue weighted by atomic mass is 9.47. The van der Waals surface area contributed by atoms with Gasteiger partial charge in [-0.15, -0.1) is 5.10 Å². The average molecular weight is 525 g/mol. The van der Waals surface area contributed by atoms with Gasteiger partial charge in [0.2, 0.25) is 11.8 Å². The summed E-state index contributed by atoms with van der Waals surface area (Å²) in [6, 6.07) is 14.7. The Morgan fingerprint density at radius 2 is 1.51 bits per heavy atom. The highest BCUT2D eigenvalue weighted by Crippen LogP contribution is 2.64. The van der Waals surface area contributed by atoms with Gasteiger partial charge in [0.05, 0.1) is 18.5 Å². The molecule has 6 N–H and O–H groups in total. The quantitative estimate of drug-likeness (QED) is 0.311. The Morgan fingerprint density at radius 1 is 0.846 bits per heavy atom. The van der Waals surface area contributed by atoms with Crippen LogP contribution in [0.3, 0.4) is 0 Å². The molecule has 5 rings (SSSR count). The number of hydrogen-bond acceptors (Lipinski definition) is 8. The SMILES string of the molecule is N/C(=C\C=C(/N)NC(=O)Cc1ccccn1)C1CC2(C1)CC(c1ccc(NC(=O)Cc3ccccn3)nn1)C2. The van der Waals surface area contributed by atoms with Crippen molar-refractivity contribution in [3.8, 4) is 0 Å². The topological polar surface area (TPSA) is 162 Å². The van der Waals surface area contributed by atoms with Gasteiger partial charge >= 0.3 is 0 Å².